The number of unbranched alkanes of at least 4 members (excludes halogenated alkanes) is 29. The third kappa shape index (κ3) is 40.5. The predicted octanol–water partition coefficient (Wildman–Crippen LogP) is 13.9. The Hall–Kier alpha value is -1.94. The van der Waals surface area contributed by atoms with Gasteiger partial charge < -0.3 is 34.3 Å². The van der Waals surface area contributed by atoms with Crippen LogP contribution < -0.4 is 0 Å². The Kier molecular flexibility index (Phi) is 45.3. The van der Waals surface area contributed by atoms with E-state index in [0.717, 1.165) is 70.6 Å². The summed E-state index contributed by atoms with van der Waals surface area (Å²) in [6.45, 7) is 3.98. The smallest absolute Gasteiger partial charge is 0.397 e. The molecule has 0 radical (unpaired) electrons. The Balaban J connectivity index is 2.31. The third-order valence-corrected chi connectivity index (χ3v) is 13.4. The second-order valence-corrected chi connectivity index (χ2v) is 20.6. The third-order valence-electron chi connectivity index (χ3n) is 12.9. The molecule has 0 amide bonds. The minimum absolute atomic E-state index is 0.0306. The van der Waals surface area contributed by atoms with Gasteiger partial charge in [-0.2, -0.15) is 8.42 Å². The summed E-state index contributed by atoms with van der Waals surface area (Å²) < 4.78 is 59.4. The monoisotopic (exact) mass is 1010 g/mol. The van der Waals surface area contributed by atoms with E-state index >= 15 is 0 Å². The van der Waals surface area contributed by atoms with Crippen molar-refractivity contribution in [2.24, 2.45) is 0 Å². The molecule has 6 atom stereocenters. The number of aliphatic hydroxyl groups is 3. The molecule has 4 N–H and O–H groups in total. The average molecular weight is 1010 g/mol. The Labute approximate surface area is 427 Å². The fourth-order valence-electron chi connectivity index (χ4n) is 8.62. The number of esters is 1. The van der Waals surface area contributed by atoms with E-state index in [9.17, 15) is 33.1 Å². The van der Waals surface area contributed by atoms with Crippen molar-refractivity contribution in [3.63, 3.8) is 0 Å². The van der Waals surface area contributed by atoms with Gasteiger partial charge in [0.05, 0.1) is 19.8 Å². The molecule has 1 fully saturated rings. The fourth-order valence-corrected chi connectivity index (χ4v) is 9.13. The molecule has 1 saturated heterocycles. The van der Waals surface area contributed by atoms with Crippen LogP contribution in [0.3, 0.4) is 0 Å². The van der Waals surface area contributed by atoms with Crippen LogP contribution in [0.1, 0.15) is 245 Å². The first-order valence-electron chi connectivity index (χ1n) is 28.4. The largest absolute Gasteiger partial charge is 0.457 e. The summed E-state index contributed by atoms with van der Waals surface area (Å²) in [5, 5.41) is 30.8. The minimum Gasteiger partial charge on any atom is -0.457 e. The van der Waals surface area contributed by atoms with Crippen molar-refractivity contribution in [1.29, 1.82) is 0 Å². The number of carbonyl (C=O) groups excluding carboxylic acids is 1. The Bertz CT molecular complexity index is 1400. The fraction of sp³-hybridized carbons (Fsp3) is 0.842. The number of allylic oxidation sites excluding steroid dienone is 8. The van der Waals surface area contributed by atoms with Crippen molar-refractivity contribution in [3.05, 3.63) is 48.6 Å². The minimum atomic E-state index is -5.07. The molecule has 13 heteroatoms. The zero-order chi connectivity index (χ0) is 51.0. The van der Waals surface area contributed by atoms with Crippen molar-refractivity contribution in [2.75, 3.05) is 26.4 Å². The van der Waals surface area contributed by atoms with Gasteiger partial charge in [-0.15, -0.1) is 0 Å². The number of ether oxygens (including phenoxy) is 4. The van der Waals surface area contributed by atoms with E-state index in [2.05, 4.69) is 66.6 Å². The number of carbonyl (C=O) groups is 1. The van der Waals surface area contributed by atoms with Gasteiger partial charge in [-0.05, 0) is 77.0 Å². The highest BCUT2D eigenvalue weighted by molar-refractivity contribution is 7.80. The van der Waals surface area contributed by atoms with Gasteiger partial charge in [0.1, 0.15) is 30.5 Å². The standard InChI is InChI=1S/C57H104O12S/c1-3-5-7-9-11-13-15-17-19-21-23-24-25-26-27-29-31-33-35-37-39-41-43-45-47-65-49-51(50-66-57-55(61)56(69-70(62,63)64)54(60)52(48-58)68-57)67-53(59)46-44-42-40-38-36-34-32-30-28-22-20-18-16-14-12-10-8-6-4-2/h12,14,18,20-21,23,28,30,51-52,54-58,60-61H,3-11,13,15-17,19,22,24-27,29,31-50H2,1-2H3,(H,62,63,64)/b14-12-,20-18-,23-21-,30-28-. The lowest BCUT2D eigenvalue weighted by molar-refractivity contribution is -0.301. The molecule has 0 aliphatic carbocycles. The average Bonchev–Trinajstić information content (AvgIpc) is 3.34. The van der Waals surface area contributed by atoms with Gasteiger partial charge >= 0.3 is 16.4 Å². The van der Waals surface area contributed by atoms with Crippen molar-refractivity contribution in [2.45, 2.75) is 282 Å². The molecule has 1 aliphatic heterocycles. The number of hydrogen-bond donors (Lipinski definition) is 4. The first-order chi connectivity index (χ1) is 34.1. The lowest BCUT2D eigenvalue weighted by atomic mass is 9.99. The number of rotatable bonds is 50. The summed E-state index contributed by atoms with van der Waals surface area (Å²) in [4.78, 5) is 12.9. The highest BCUT2D eigenvalue weighted by Crippen LogP contribution is 2.26. The van der Waals surface area contributed by atoms with Crippen molar-refractivity contribution in [3.8, 4) is 0 Å². The lowest BCUT2D eigenvalue weighted by Gasteiger charge is -2.41. The number of aliphatic hydroxyl groups excluding tert-OH is 3. The van der Waals surface area contributed by atoms with E-state index in [1.165, 1.54) is 148 Å². The summed E-state index contributed by atoms with van der Waals surface area (Å²) in [5.74, 6) is -0.409. The van der Waals surface area contributed by atoms with Gasteiger partial charge in [0.2, 0.25) is 0 Å². The molecule has 0 aromatic rings. The van der Waals surface area contributed by atoms with E-state index in [-0.39, 0.29) is 19.6 Å². The maximum Gasteiger partial charge on any atom is 0.397 e. The normalized spacial score (nSPS) is 19.4. The first-order valence-corrected chi connectivity index (χ1v) is 29.8. The molecule has 410 valence electrons. The topological polar surface area (TPSA) is 178 Å². The SMILES string of the molecule is CCCCC/C=C\C/C=C\C/C=C\CCCCCCCCC(=O)OC(COCCCCCCCCCCCCCC/C=C\CCCCCCCCCC)COC1OC(CO)C(O)C(OS(=O)(=O)O)C1O. The predicted molar refractivity (Wildman–Crippen MR) is 285 cm³/mol. The van der Waals surface area contributed by atoms with Crippen LogP contribution in [-0.4, -0.2) is 97.5 Å². The summed E-state index contributed by atoms with van der Waals surface area (Å²) in [6.07, 6.45) is 51.4. The lowest BCUT2D eigenvalue weighted by Crippen LogP contribution is -2.60. The van der Waals surface area contributed by atoms with Crippen LogP contribution in [0.4, 0.5) is 0 Å². The summed E-state index contributed by atoms with van der Waals surface area (Å²) in [6, 6.07) is 0. The van der Waals surface area contributed by atoms with Gasteiger partial charge in [0.25, 0.3) is 0 Å². The van der Waals surface area contributed by atoms with Crippen molar-refractivity contribution >= 4 is 16.4 Å². The van der Waals surface area contributed by atoms with Gasteiger partial charge in [-0.25, -0.2) is 4.18 Å². The van der Waals surface area contributed by atoms with Gasteiger partial charge in [0, 0.05) is 13.0 Å². The molecule has 0 spiro atoms. The summed E-state index contributed by atoms with van der Waals surface area (Å²) in [5.41, 5.74) is 0. The van der Waals surface area contributed by atoms with Crippen LogP contribution in [0.5, 0.6) is 0 Å². The van der Waals surface area contributed by atoms with Gasteiger partial charge in [0.15, 0.2) is 6.29 Å². The molecule has 0 bridgehead atoms. The molecule has 1 rings (SSSR count). The Morgan fingerprint density at radius 2 is 0.943 bits per heavy atom. The quantitative estimate of drug-likeness (QED) is 0.0196. The van der Waals surface area contributed by atoms with Crippen molar-refractivity contribution < 1.29 is 56.2 Å². The second-order valence-electron chi connectivity index (χ2n) is 19.5. The molecular formula is C57H104O12S. The maximum atomic E-state index is 12.9. The van der Waals surface area contributed by atoms with E-state index in [1.807, 2.05) is 0 Å². The second kappa shape index (κ2) is 48.0. The molecular weight excluding hydrogens is 909 g/mol. The Morgan fingerprint density at radius 1 is 0.543 bits per heavy atom. The van der Waals surface area contributed by atoms with E-state index in [0.29, 0.717) is 13.0 Å². The van der Waals surface area contributed by atoms with Crippen molar-refractivity contribution in [1.82, 2.24) is 0 Å². The van der Waals surface area contributed by atoms with Crippen LogP contribution in [0.2, 0.25) is 0 Å². The van der Waals surface area contributed by atoms with Crippen LogP contribution >= 0.6 is 0 Å². The Morgan fingerprint density at radius 3 is 1.41 bits per heavy atom. The van der Waals surface area contributed by atoms with Gasteiger partial charge in [-0.3, -0.25) is 9.35 Å². The molecule has 6 unspecified atom stereocenters. The summed E-state index contributed by atoms with van der Waals surface area (Å²) >= 11 is 0. The van der Waals surface area contributed by atoms with E-state index in [1.54, 1.807) is 0 Å². The highest BCUT2D eigenvalue weighted by atomic mass is 32.3. The highest BCUT2D eigenvalue weighted by Gasteiger charge is 2.48. The molecule has 1 heterocycles. The van der Waals surface area contributed by atoms with Crippen LogP contribution in [0, 0.1) is 0 Å². The first kappa shape index (κ1) is 66.1. The number of hydrogen-bond acceptors (Lipinski definition) is 11. The molecule has 1 aliphatic rings. The zero-order valence-corrected chi connectivity index (χ0v) is 45.1. The molecule has 70 heavy (non-hydrogen) atoms. The summed E-state index contributed by atoms with van der Waals surface area (Å²) in [7, 11) is -5.07. The molecule has 0 saturated carbocycles. The van der Waals surface area contributed by atoms with Crippen LogP contribution in [-0.2, 0) is 38.3 Å². The van der Waals surface area contributed by atoms with E-state index in [4.69, 9.17) is 18.9 Å². The molecule has 0 aromatic heterocycles. The molecule has 12 nitrogen and oxygen atoms in total. The van der Waals surface area contributed by atoms with Gasteiger partial charge in [-0.1, -0.05) is 210 Å². The van der Waals surface area contributed by atoms with E-state index < -0.39 is 59.8 Å². The maximum absolute atomic E-state index is 12.9. The zero-order valence-electron chi connectivity index (χ0n) is 44.3. The molecule has 0 aromatic carbocycles. The van der Waals surface area contributed by atoms with Crippen LogP contribution in [0.15, 0.2) is 48.6 Å². The van der Waals surface area contributed by atoms with Crippen LogP contribution in [0.25, 0.3) is 0 Å².